The molecule has 2 aromatic rings. The maximum atomic E-state index is 11.9. The highest BCUT2D eigenvalue weighted by Crippen LogP contribution is 2.17. The maximum Gasteiger partial charge on any atom is 0.326 e. The molecule has 128 valence electrons. The van der Waals surface area contributed by atoms with E-state index in [1.165, 1.54) is 23.7 Å². The van der Waals surface area contributed by atoms with E-state index >= 15 is 0 Å². The Morgan fingerprint density at radius 3 is 2.71 bits per heavy atom. The van der Waals surface area contributed by atoms with Gasteiger partial charge in [-0.3, -0.25) is 14.9 Å². The van der Waals surface area contributed by atoms with Crippen LogP contribution in [0.25, 0.3) is 0 Å². The number of anilines is 1. The first-order valence-electron chi connectivity index (χ1n) is 7.18. The van der Waals surface area contributed by atoms with Crippen LogP contribution in [-0.2, 0) is 16.0 Å². The van der Waals surface area contributed by atoms with Gasteiger partial charge in [0, 0.05) is 5.38 Å². The molecule has 0 radical (unpaired) electrons. The summed E-state index contributed by atoms with van der Waals surface area (Å²) in [4.78, 5) is 39.0. The predicted octanol–water partition coefficient (Wildman–Crippen LogP) is 1.76. The molecule has 0 spiro atoms. The smallest absolute Gasteiger partial charge is 0.326 e. The number of aliphatic carboxylic acids is 1. The van der Waals surface area contributed by atoms with Gasteiger partial charge in [-0.1, -0.05) is 13.8 Å². The Morgan fingerprint density at radius 1 is 1.38 bits per heavy atom. The van der Waals surface area contributed by atoms with E-state index < -0.39 is 23.8 Å². The molecule has 0 saturated carbocycles. The van der Waals surface area contributed by atoms with Gasteiger partial charge in [-0.15, -0.1) is 11.3 Å². The van der Waals surface area contributed by atoms with Crippen LogP contribution < -0.4 is 10.6 Å². The summed E-state index contributed by atoms with van der Waals surface area (Å²) in [5.74, 6) is -2.03. The molecule has 2 rings (SSSR count). The lowest BCUT2D eigenvalue weighted by molar-refractivity contribution is -0.143. The van der Waals surface area contributed by atoms with Crippen LogP contribution in [0.4, 0.5) is 5.13 Å². The summed E-state index contributed by atoms with van der Waals surface area (Å²) in [5.41, 5.74) is 0.445. The van der Waals surface area contributed by atoms with Gasteiger partial charge in [0.1, 0.15) is 6.04 Å². The van der Waals surface area contributed by atoms with Gasteiger partial charge in [0.2, 0.25) is 5.91 Å². The molecular weight excluding hydrogens is 334 g/mol. The molecule has 2 amide bonds. The summed E-state index contributed by atoms with van der Waals surface area (Å²) in [6.07, 6.45) is 1.32. The van der Waals surface area contributed by atoms with E-state index in [1.54, 1.807) is 25.3 Å². The second-order valence-corrected chi connectivity index (χ2v) is 6.24. The van der Waals surface area contributed by atoms with Crippen LogP contribution >= 0.6 is 11.3 Å². The molecule has 0 aromatic carbocycles. The number of hydrogen-bond donors (Lipinski definition) is 3. The monoisotopic (exact) mass is 351 g/mol. The Bertz CT molecular complexity index is 723. The topological polar surface area (TPSA) is 122 Å². The zero-order valence-electron chi connectivity index (χ0n) is 13.1. The standard InChI is InChI=1S/C15H17N3O5S/c1-8(2)12(14(21)22)17-11(19)6-9-7-24-15(16-9)18-13(20)10-4-3-5-23-10/h3-5,7-8,12H,6H2,1-2H3,(H,17,19)(H,21,22)(H,16,18,20). The van der Waals surface area contributed by atoms with E-state index in [0.29, 0.717) is 10.8 Å². The maximum absolute atomic E-state index is 11.9. The van der Waals surface area contributed by atoms with Crippen molar-refractivity contribution in [3.8, 4) is 0 Å². The van der Waals surface area contributed by atoms with Gasteiger partial charge < -0.3 is 14.8 Å². The minimum Gasteiger partial charge on any atom is -0.480 e. The van der Waals surface area contributed by atoms with Crippen LogP contribution in [0.3, 0.4) is 0 Å². The average molecular weight is 351 g/mol. The van der Waals surface area contributed by atoms with Crippen molar-refractivity contribution >= 4 is 34.3 Å². The Balaban J connectivity index is 1.92. The molecule has 0 aliphatic carbocycles. The molecule has 0 fully saturated rings. The summed E-state index contributed by atoms with van der Waals surface area (Å²) in [7, 11) is 0. The SMILES string of the molecule is CC(C)C(NC(=O)Cc1csc(NC(=O)c2ccco2)n1)C(=O)O. The van der Waals surface area contributed by atoms with Crippen LogP contribution in [-0.4, -0.2) is 33.9 Å². The van der Waals surface area contributed by atoms with Gasteiger partial charge in [-0.2, -0.15) is 0 Å². The number of carboxylic acids is 1. The molecule has 2 aromatic heterocycles. The number of thiazole rings is 1. The van der Waals surface area contributed by atoms with Gasteiger partial charge in [-0.05, 0) is 18.1 Å². The number of rotatable bonds is 7. The van der Waals surface area contributed by atoms with Crippen LogP contribution in [0.2, 0.25) is 0 Å². The Morgan fingerprint density at radius 2 is 2.12 bits per heavy atom. The van der Waals surface area contributed by atoms with Crippen molar-refractivity contribution < 1.29 is 23.9 Å². The highest BCUT2D eigenvalue weighted by atomic mass is 32.1. The van der Waals surface area contributed by atoms with Gasteiger partial charge in [-0.25, -0.2) is 9.78 Å². The summed E-state index contributed by atoms with van der Waals surface area (Å²) < 4.78 is 4.97. The molecule has 2 heterocycles. The number of hydrogen-bond acceptors (Lipinski definition) is 6. The highest BCUT2D eigenvalue weighted by Gasteiger charge is 2.23. The van der Waals surface area contributed by atoms with Crippen molar-refractivity contribution in [3.05, 3.63) is 35.2 Å². The Labute approximate surface area is 141 Å². The fraction of sp³-hybridized carbons (Fsp3) is 0.333. The van der Waals surface area contributed by atoms with Crippen LogP contribution in [0.1, 0.15) is 30.1 Å². The van der Waals surface area contributed by atoms with Crippen molar-refractivity contribution in [2.75, 3.05) is 5.32 Å². The largest absolute Gasteiger partial charge is 0.480 e. The van der Waals surface area contributed by atoms with E-state index in [4.69, 9.17) is 9.52 Å². The van der Waals surface area contributed by atoms with Gasteiger partial charge in [0.15, 0.2) is 10.9 Å². The molecular formula is C15H17N3O5S. The third kappa shape index (κ3) is 4.66. The molecule has 8 nitrogen and oxygen atoms in total. The van der Waals surface area contributed by atoms with E-state index in [9.17, 15) is 14.4 Å². The molecule has 24 heavy (non-hydrogen) atoms. The summed E-state index contributed by atoms with van der Waals surface area (Å²) in [6, 6.07) is 2.17. The first-order valence-corrected chi connectivity index (χ1v) is 8.06. The number of nitrogens with one attached hydrogen (secondary N) is 2. The highest BCUT2D eigenvalue weighted by molar-refractivity contribution is 7.14. The molecule has 1 unspecified atom stereocenters. The number of nitrogens with zero attached hydrogens (tertiary/aromatic N) is 1. The van der Waals surface area contributed by atoms with Crippen LogP contribution in [0.15, 0.2) is 28.2 Å². The van der Waals surface area contributed by atoms with Crippen molar-refractivity contribution in [1.82, 2.24) is 10.3 Å². The minimum atomic E-state index is -1.08. The zero-order valence-corrected chi connectivity index (χ0v) is 13.9. The van der Waals surface area contributed by atoms with E-state index in [2.05, 4.69) is 15.6 Å². The average Bonchev–Trinajstić information content (AvgIpc) is 3.16. The lowest BCUT2D eigenvalue weighted by Crippen LogP contribution is -2.44. The van der Waals surface area contributed by atoms with E-state index in [1.807, 2.05) is 0 Å². The first-order chi connectivity index (χ1) is 11.4. The van der Waals surface area contributed by atoms with Gasteiger partial charge in [0.25, 0.3) is 5.91 Å². The molecule has 0 bridgehead atoms. The summed E-state index contributed by atoms with van der Waals surface area (Å²) in [5, 5.41) is 16.1. The van der Waals surface area contributed by atoms with E-state index in [0.717, 1.165) is 0 Å². The minimum absolute atomic E-state index is 0.0659. The third-order valence-corrected chi connectivity index (χ3v) is 3.91. The zero-order chi connectivity index (χ0) is 17.7. The Hall–Kier alpha value is -2.68. The number of furan rings is 1. The number of carbonyl (C=O) groups excluding carboxylic acids is 2. The lowest BCUT2D eigenvalue weighted by atomic mass is 10.0. The van der Waals surface area contributed by atoms with Crippen LogP contribution in [0.5, 0.6) is 0 Å². The first kappa shape index (κ1) is 17.7. The van der Waals surface area contributed by atoms with Gasteiger partial charge in [0.05, 0.1) is 18.4 Å². The van der Waals surface area contributed by atoms with E-state index in [-0.39, 0.29) is 18.1 Å². The number of carboxylic acid groups (broad SMARTS) is 1. The second-order valence-electron chi connectivity index (χ2n) is 5.38. The fourth-order valence-electron chi connectivity index (χ4n) is 1.91. The third-order valence-electron chi connectivity index (χ3n) is 3.11. The van der Waals surface area contributed by atoms with Crippen molar-refractivity contribution in [2.45, 2.75) is 26.3 Å². The van der Waals surface area contributed by atoms with Crippen molar-refractivity contribution in [3.63, 3.8) is 0 Å². The molecule has 0 aliphatic rings. The number of amides is 2. The van der Waals surface area contributed by atoms with Crippen LogP contribution in [0, 0.1) is 5.92 Å². The number of carbonyl (C=O) groups is 3. The fourth-order valence-corrected chi connectivity index (χ4v) is 2.62. The molecule has 1 atom stereocenters. The van der Waals surface area contributed by atoms with Gasteiger partial charge >= 0.3 is 5.97 Å². The second kappa shape index (κ2) is 7.73. The quantitative estimate of drug-likeness (QED) is 0.699. The number of aromatic nitrogens is 1. The van der Waals surface area contributed by atoms with Crippen molar-refractivity contribution in [2.24, 2.45) is 5.92 Å². The normalized spacial score (nSPS) is 12.0. The summed E-state index contributed by atoms with van der Waals surface area (Å²) in [6.45, 7) is 3.42. The molecule has 9 heteroatoms. The predicted molar refractivity (Wildman–Crippen MR) is 86.9 cm³/mol. The summed E-state index contributed by atoms with van der Waals surface area (Å²) >= 11 is 1.17. The molecule has 3 N–H and O–H groups in total. The Kier molecular flexibility index (Phi) is 5.69. The molecule has 0 aliphatic heterocycles. The molecule has 0 saturated heterocycles. The van der Waals surface area contributed by atoms with Crippen molar-refractivity contribution in [1.29, 1.82) is 0 Å². The lowest BCUT2D eigenvalue weighted by Gasteiger charge is -2.17.